The molecule has 6 nitrogen and oxygen atoms in total. The van der Waals surface area contributed by atoms with Crippen molar-refractivity contribution < 1.29 is 23.4 Å². The summed E-state index contributed by atoms with van der Waals surface area (Å²) in [7, 11) is -3.62. The van der Waals surface area contributed by atoms with Gasteiger partial charge in [0.05, 0.1) is 17.1 Å². The van der Waals surface area contributed by atoms with Crippen LogP contribution in [0, 0.1) is 0 Å². The van der Waals surface area contributed by atoms with E-state index in [0.717, 1.165) is 0 Å². The quantitative estimate of drug-likeness (QED) is 0.692. The number of nitrogens with one attached hydrogen (secondary N) is 1. The number of hydrogen-bond acceptors (Lipinski definition) is 5. The number of aliphatic hydroxyl groups is 2. The van der Waals surface area contributed by atoms with E-state index in [1.807, 2.05) is 0 Å². The molecule has 2 rings (SSSR count). The molecule has 106 valence electrons. The number of ether oxygens (including phenoxy) is 1. The van der Waals surface area contributed by atoms with E-state index in [0.29, 0.717) is 13.0 Å². The lowest BCUT2D eigenvalue weighted by atomic mass is 10.0. The lowest BCUT2D eigenvalue weighted by molar-refractivity contribution is -0.131. The second-order valence-corrected chi connectivity index (χ2v) is 6.19. The van der Waals surface area contributed by atoms with Gasteiger partial charge < -0.3 is 14.9 Å². The van der Waals surface area contributed by atoms with Crippen LogP contribution in [0.4, 0.5) is 0 Å². The molecule has 1 aromatic carbocycles. The summed E-state index contributed by atoms with van der Waals surface area (Å²) in [6.07, 6.45) is -2.34. The van der Waals surface area contributed by atoms with E-state index in [1.165, 1.54) is 12.1 Å². The van der Waals surface area contributed by atoms with Gasteiger partial charge in [-0.3, -0.25) is 0 Å². The minimum Gasteiger partial charge on any atom is -0.390 e. The Hall–Kier alpha value is -0.990. The fourth-order valence-electron chi connectivity index (χ4n) is 1.91. The molecular weight excluding hydrogens is 270 g/mol. The molecule has 1 heterocycles. The van der Waals surface area contributed by atoms with E-state index in [-0.39, 0.29) is 11.4 Å². The third-order valence-corrected chi connectivity index (χ3v) is 4.49. The van der Waals surface area contributed by atoms with Gasteiger partial charge >= 0.3 is 0 Å². The fourth-order valence-corrected chi connectivity index (χ4v) is 2.98. The van der Waals surface area contributed by atoms with Crippen molar-refractivity contribution in [2.45, 2.75) is 29.6 Å². The average Bonchev–Trinajstić information content (AvgIpc) is 2.41. The van der Waals surface area contributed by atoms with E-state index < -0.39 is 28.3 Å². The Morgan fingerprint density at radius 1 is 1.26 bits per heavy atom. The molecule has 7 heteroatoms. The maximum Gasteiger partial charge on any atom is 0.240 e. The minimum absolute atomic E-state index is 0.0740. The molecule has 0 bridgehead atoms. The van der Waals surface area contributed by atoms with Gasteiger partial charge in [0.1, 0.15) is 6.10 Å². The molecule has 0 spiro atoms. The molecule has 0 saturated carbocycles. The summed E-state index contributed by atoms with van der Waals surface area (Å²) in [6.45, 7) is 0.228. The number of aliphatic hydroxyl groups excluding tert-OH is 2. The van der Waals surface area contributed by atoms with E-state index in [9.17, 15) is 18.6 Å². The first kappa shape index (κ1) is 14.4. The van der Waals surface area contributed by atoms with Crippen LogP contribution >= 0.6 is 0 Å². The predicted molar refractivity (Wildman–Crippen MR) is 68.0 cm³/mol. The maximum atomic E-state index is 12.0. The van der Waals surface area contributed by atoms with Gasteiger partial charge in [-0.1, -0.05) is 18.2 Å². The van der Waals surface area contributed by atoms with Crippen molar-refractivity contribution >= 4 is 10.0 Å². The summed E-state index contributed by atoms with van der Waals surface area (Å²) in [5.74, 6) is 0. The SMILES string of the molecule is O=S(=O)(NCC1OCCC(O)C1O)c1ccccc1. The van der Waals surface area contributed by atoms with Gasteiger partial charge in [-0.15, -0.1) is 0 Å². The Morgan fingerprint density at radius 2 is 1.95 bits per heavy atom. The van der Waals surface area contributed by atoms with Crippen LogP contribution in [0.5, 0.6) is 0 Å². The lowest BCUT2D eigenvalue weighted by Gasteiger charge is -2.31. The summed E-state index contributed by atoms with van der Waals surface area (Å²) in [5.41, 5.74) is 0. The number of rotatable bonds is 4. The standard InChI is InChI=1S/C12H17NO5S/c14-10-6-7-18-11(12(10)15)8-13-19(16,17)9-4-2-1-3-5-9/h1-5,10-15H,6-8H2. The largest absolute Gasteiger partial charge is 0.390 e. The summed E-state index contributed by atoms with van der Waals surface area (Å²) >= 11 is 0. The Bertz CT molecular complexity index is 504. The van der Waals surface area contributed by atoms with Gasteiger partial charge in [-0.05, 0) is 18.6 Å². The molecule has 0 aliphatic carbocycles. The molecule has 1 aliphatic rings. The molecule has 3 atom stereocenters. The van der Waals surface area contributed by atoms with Crippen molar-refractivity contribution in [3.05, 3.63) is 30.3 Å². The van der Waals surface area contributed by atoms with E-state index in [2.05, 4.69) is 4.72 Å². The molecule has 1 aromatic rings. The molecule has 0 amide bonds. The van der Waals surface area contributed by atoms with Gasteiger partial charge in [0, 0.05) is 13.2 Å². The highest BCUT2D eigenvalue weighted by Crippen LogP contribution is 2.15. The predicted octanol–water partition coefficient (Wildman–Crippen LogP) is -0.524. The van der Waals surface area contributed by atoms with Crippen molar-refractivity contribution in [2.75, 3.05) is 13.2 Å². The molecular formula is C12H17NO5S. The third-order valence-electron chi connectivity index (χ3n) is 3.05. The van der Waals surface area contributed by atoms with E-state index in [4.69, 9.17) is 4.74 Å². The van der Waals surface area contributed by atoms with Crippen molar-refractivity contribution in [3.63, 3.8) is 0 Å². The Balaban J connectivity index is 1.98. The minimum atomic E-state index is -3.62. The Labute approximate surface area is 112 Å². The highest BCUT2D eigenvalue weighted by atomic mass is 32.2. The number of benzene rings is 1. The summed E-state index contributed by atoms with van der Waals surface area (Å²) in [6, 6.07) is 7.95. The molecule has 0 aromatic heterocycles. The van der Waals surface area contributed by atoms with Crippen molar-refractivity contribution in [1.29, 1.82) is 0 Å². The summed E-state index contributed by atoms with van der Waals surface area (Å²) in [4.78, 5) is 0.154. The molecule has 1 saturated heterocycles. The van der Waals surface area contributed by atoms with Crippen molar-refractivity contribution in [1.82, 2.24) is 4.72 Å². The highest BCUT2D eigenvalue weighted by molar-refractivity contribution is 7.89. The monoisotopic (exact) mass is 287 g/mol. The first-order chi connectivity index (χ1) is 9.00. The zero-order valence-electron chi connectivity index (χ0n) is 10.3. The first-order valence-electron chi connectivity index (χ1n) is 6.03. The van der Waals surface area contributed by atoms with Gasteiger partial charge in [-0.25, -0.2) is 13.1 Å². The van der Waals surface area contributed by atoms with Crippen LogP contribution in [0.2, 0.25) is 0 Å². The smallest absolute Gasteiger partial charge is 0.240 e. The molecule has 19 heavy (non-hydrogen) atoms. The highest BCUT2D eigenvalue weighted by Gasteiger charge is 2.32. The molecule has 1 fully saturated rings. The van der Waals surface area contributed by atoms with Gasteiger partial charge in [0.2, 0.25) is 10.0 Å². The van der Waals surface area contributed by atoms with Crippen LogP contribution in [0.1, 0.15) is 6.42 Å². The van der Waals surface area contributed by atoms with Crippen molar-refractivity contribution in [2.24, 2.45) is 0 Å². The Kier molecular flexibility index (Phi) is 4.54. The Morgan fingerprint density at radius 3 is 2.63 bits per heavy atom. The van der Waals surface area contributed by atoms with Crippen LogP contribution in [0.3, 0.4) is 0 Å². The van der Waals surface area contributed by atoms with Crippen molar-refractivity contribution in [3.8, 4) is 0 Å². The van der Waals surface area contributed by atoms with Crippen LogP contribution < -0.4 is 4.72 Å². The number of hydrogen-bond donors (Lipinski definition) is 3. The molecule has 0 radical (unpaired) electrons. The van der Waals surface area contributed by atoms with E-state index >= 15 is 0 Å². The van der Waals surface area contributed by atoms with Gasteiger partial charge in [-0.2, -0.15) is 0 Å². The second-order valence-electron chi connectivity index (χ2n) is 4.42. The first-order valence-corrected chi connectivity index (χ1v) is 7.51. The summed E-state index contributed by atoms with van der Waals surface area (Å²) < 4.78 is 31.5. The molecule has 1 aliphatic heterocycles. The van der Waals surface area contributed by atoms with Gasteiger partial charge in [0.15, 0.2) is 0 Å². The number of sulfonamides is 1. The lowest BCUT2D eigenvalue weighted by Crippen LogP contribution is -2.49. The van der Waals surface area contributed by atoms with Crippen LogP contribution in [-0.4, -0.2) is 50.1 Å². The van der Waals surface area contributed by atoms with E-state index in [1.54, 1.807) is 18.2 Å². The second kappa shape index (κ2) is 5.98. The zero-order chi connectivity index (χ0) is 13.9. The maximum absolute atomic E-state index is 12.0. The van der Waals surface area contributed by atoms with Crippen LogP contribution in [-0.2, 0) is 14.8 Å². The van der Waals surface area contributed by atoms with Gasteiger partial charge in [0.25, 0.3) is 0 Å². The van der Waals surface area contributed by atoms with Crippen LogP contribution in [0.15, 0.2) is 35.2 Å². The topological polar surface area (TPSA) is 95.9 Å². The molecule has 3 N–H and O–H groups in total. The van der Waals surface area contributed by atoms with Crippen LogP contribution in [0.25, 0.3) is 0 Å². The normalized spacial score (nSPS) is 28.2. The fraction of sp³-hybridized carbons (Fsp3) is 0.500. The molecule has 3 unspecified atom stereocenters. The third kappa shape index (κ3) is 3.52. The average molecular weight is 287 g/mol. The zero-order valence-corrected chi connectivity index (χ0v) is 11.1. The summed E-state index contributed by atoms with van der Waals surface area (Å²) in [5, 5.41) is 19.2.